The van der Waals surface area contributed by atoms with Gasteiger partial charge in [-0.1, -0.05) is 5.21 Å². The van der Waals surface area contributed by atoms with E-state index in [1.807, 2.05) is 0 Å². The van der Waals surface area contributed by atoms with Gasteiger partial charge in [-0.05, 0) is 0 Å². The highest BCUT2D eigenvalue weighted by Crippen LogP contribution is 1.92. The summed E-state index contributed by atoms with van der Waals surface area (Å²) in [6, 6.07) is -0.298. The quantitative estimate of drug-likeness (QED) is 0.529. The Balaban J connectivity index is 1.61. The Morgan fingerprint density at radius 3 is 2.81 bits per heavy atom. The van der Waals surface area contributed by atoms with Crippen molar-refractivity contribution < 1.29 is 14.7 Å². The van der Waals surface area contributed by atoms with E-state index >= 15 is 0 Å². The molecule has 0 aliphatic carbocycles. The molecule has 0 saturated carbocycles. The molecule has 0 spiro atoms. The first-order valence-corrected chi connectivity index (χ1v) is 6.27. The van der Waals surface area contributed by atoms with Gasteiger partial charge in [0.15, 0.2) is 5.69 Å². The number of aromatic nitrogens is 5. The maximum absolute atomic E-state index is 11.5. The summed E-state index contributed by atoms with van der Waals surface area (Å²) in [6.45, 7) is 1.15. The van der Waals surface area contributed by atoms with Gasteiger partial charge in [-0.2, -0.15) is 0 Å². The topological polar surface area (TPSA) is 138 Å². The number of rotatable bonds is 7. The number of urea groups is 1. The second-order valence-electron chi connectivity index (χ2n) is 4.18. The van der Waals surface area contributed by atoms with Crippen molar-refractivity contribution in [1.82, 2.24) is 35.6 Å². The van der Waals surface area contributed by atoms with Crippen molar-refractivity contribution in [3.63, 3.8) is 0 Å². The number of hydrogen-bond donors (Lipinski definition) is 4. The van der Waals surface area contributed by atoms with E-state index in [9.17, 15) is 9.59 Å². The van der Waals surface area contributed by atoms with E-state index in [-0.39, 0.29) is 11.7 Å². The van der Waals surface area contributed by atoms with Crippen molar-refractivity contribution in [2.45, 2.75) is 13.0 Å². The molecule has 2 aromatic heterocycles. The fraction of sp³-hybridized carbons (Fsp3) is 0.364. The van der Waals surface area contributed by atoms with Crippen molar-refractivity contribution in [2.75, 3.05) is 13.1 Å². The molecule has 2 heterocycles. The number of carboxylic acids is 1. The fourth-order valence-corrected chi connectivity index (χ4v) is 1.58. The molecule has 0 saturated heterocycles. The summed E-state index contributed by atoms with van der Waals surface area (Å²) >= 11 is 0. The molecule has 2 aromatic rings. The Bertz CT molecular complexity index is 593. The third kappa shape index (κ3) is 4.60. The summed E-state index contributed by atoms with van der Waals surface area (Å²) in [5, 5.41) is 21.1. The standard InChI is InChI=1S/C11H15N7O3/c19-10(20)9-6-18(17-16-9)4-3-14-11(21)13-2-1-8-5-12-7-15-8/h5-7H,1-4H2,(H,12,15)(H,19,20)(H2,13,14,21). The van der Waals surface area contributed by atoms with Crippen LogP contribution < -0.4 is 10.6 Å². The number of carbonyl (C=O) groups excluding carboxylic acids is 1. The fourth-order valence-electron chi connectivity index (χ4n) is 1.58. The molecule has 0 unspecified atom stereocenters. The summed E-state index contributed by atoms with van der Waals surface area (Å²) in [4.78, 5) is 28.9. The molecule has 2 amide bonds. The highest BCUT2D eigenvalue weighted by atomic mass is 16.4. The van der Waals surface area contributed by atoms with Crippen molar-refractivity contribution in [3.8, 4) is 0 Å². The number of carbonyl (C=O) groups is 2. The third-order valence-corrected chi connectivity index (χ3v) is 2.62. The minimum atomic E-state index is -1.13. The number of imidazole rings is 1. The van der Waals surface area contributed by atoms with E-state index < -0.39 is 5.97 Å². The average molecular weight is 293 g/mol. The first-order valence-electron chi connectivity index (χ1n) is 6.27. The highest BCUT2D eigenvalue weighted by molar-refractivity contribution is 5.84. The molecule has 0 aromatic carbocycles. The summed E-state index contributed by atoms with van der Waals surface area (Å²) < 4.78 is 1.36. The van der Waals surface area contributed by atoms with Crippen LogP contribution >= 0.6 is 0 Å². The molecule has 0 aliphatic rings. The van der Waals surface area contributed by atoms with Gasteiger partial charge >= 0.3 is 12.0 Å². The van der Waals surface area contributed by atoms with Gasteiger partial charge in [0.1, 0.15) is 0 Å². The zero-order valence-corrected chi connectivity index (χ0v) is 11.1. The van der Waals surface area contributed by atoms with Gasteiger partial charge in [0, 0.05) is 31.4 Å². The predicted molar refractivity (Wildman–Crippen MR) is 70.7 cm³/mol. The van der Waals surface area contributed by atoms with Crippen LogP contribution in [-0.2, 0) is 13.0 Å². The minimum absolute atomic E-state index is 0.126. The molecule has 0 bridgehead atoms. The number of nitrogens with zero attached hydrogens (tertiary/aromatic N) is 4. The first kappa shape index (κ1) is 14.5. The van der Waals surface area contributed by atoms with Crippen molar-refractivity contribution in [1.29, 1.82) is 0 Å². The van der Waals surface area contributed by atoms with Gasteiger partial charge in [-0.25, -0.2) is 19.3 Å². The van der Waals surface area contributed by atoms with Crippen molar-refractivity contribution in [2.24, 2.45) is 0 Å². The molecular formula is C11H15N7O3. The number of nitrogens with one attached hydrogen (secondary N) is 3. The van der Waals surface area contributed by atoms with Crippen LogP contribution in [0.4, 0.5) is 4.79 Å². The van der Waals surface area contributed by atoms with Crippen molar-refractivity contribution >= 4 is 12.0 Å². The van der Waals surface area contributed by atoms with Gasteiger partial charge < -0.3 is 20.7 Å². The second-order valence-corrected chi connectivity index (χ2v) is 4.18. The van der Waals surface area contributed by atoms with Crippen molar-refractivity contribution in [3.05, 3.63) is 30.1 Å². The Morgan fingerprint density at radius 1 is 1.33 bits per heavy atom. The van der Waals surface area contributed by atoms with E-state index in [1.165, 1.54) is 10.9 Å². The van der Waals surface area contributed by atoms with Crippen LogP contribution in [0.2, 0.25) is 0 Å². The number of H-pyrrole nitrogens is 1. The second kappa shape index (κ2) is 7.03. The molecular weight excluding hydrogens is 278 g/mol. The van der Waals surface area contributed by atoms with Gasteiger partial charge in [0.05, 0.1) is 19.1 Å². The predicted octanol–water partition coefficient (Wildman–Crippen LogP) is -0.759. The first-order chi connectivity index (χ1) is 10.1. The molecule has 2 rings (SSSR count). The highest BCUT2D eigenvalue weighted by Gasteiger charge is 2.08. The molecule has 10 heteroatoms. The molecule has 10 nitrogen and oxygen atoms in total. The normalized spacial score (nSPS) is 10.3. The van der Waals surface area contributed by atoms with Crippen LogP contribution in [0, 0.1) is 0 Å². The smallest absolute Gasteiger partial charge is 0.358 e. The van der Waals surface area contributed by atoms with E-state index in [2.05, 4.69) is 30.9 Å². The number of aromatic carboxylic acids is 1. The number of amides is 2. The summed E-state index contributed by atoms with van der Waals surface area (Å²) in [7, 11) is 0. The Kier molecular flexibility index (Phi) is 4.85. The maximum atomic E-state index is 11.5. The van der Waals surface area contributed by atoms with Crippen LogP contribution in [0.25, 0.3) is 0 Å². The summed E-state index contributed by atoms with van der Waals surface area (Å²) in [6.07, 6.45) is 5.25. The van der Waals surface area contributed by atoms with Gasteiger partial charge in [-0.3, -0.25) is 0 Å². The SMILES string of the molecule is O=C(NCCc1cnc[nH]1)NCCn1cc(C(=O)O)nn1. The monoisotopic (exact) mass is 293 g/mol. The lowest BCUT2D eigenvalue weighted by Crippen LogP contribution is -2.38. The van der Waals surface area contributed by atoms with Crippen LogP contribution in [0.1, 0.15) is 16.2 Å². The van der Waals surface area contributed by atoms with Gasteiger partial charge in [0.25, 0.3) is 0 Å². The van der Waals surface area contributed by atoms with Crippen LogP contribution in [0.15, 0.2) is 18.7 Å². The van der Waals surface area contributed by atoms with Crippen LogP contribution in [0.3, 0.4) is 0 Å². The number of hydrogen-bond acceptors (Lipinski definition) is 5. The molecule has 21 heavy (non-hydrogen) atoms. The minimum Gasteiger partial charge on any atom is -0.476 e. The van der Waals surface area contributed by atoms with Crippen LogP contribution in [0.5, 0.6) is 0 Å². The zero-order chi connectivity index (χ0) is 15.1. The molecule has 4 N–H and O–H groups in total. The molecule has 0 aliphatic heterocycles. The summed E-state index contributed by atoms with van der Waals surface area (Å²) in [5.41, 5.74) is 0.818. The molecule has 0 atom stereocenters. The third-order valence-electron chi connectivity index (χ3n) is 2.62. The molecule has 0 fully saturated rings. The Hall–Kier alpha value is -2.91. The average Bonchev–Trinajstić information content (AvgIpc) is 3.09. The zero-order valence-electron chi connectivity index (χ0n) is 11.1. The number of aromatic amines is 1. The van der Waals surface area contributed by atoms with Gasteiger partial charge in [0.2, 0.25) is 0 Å². The lowest BCUT2D eigenvalue weighted by molar-refractivity contribution is 0.0690. The lowest BCUT2D eigenvalue weighted by atomic mass is 10.3. The maximum Gasteiger partial charge on any atom is 0.358 e. The number of carboxylic acid groups (broad SMARTS) is 1. The molecule has 112 valence electrons. The van der Waals surface area contributed by atoms with Crippen LogP contribution in [-0.4, -0.2) is 55.2 Å². The Labute approximate surface area is 119 Å². The van der Waals surface area contributed by atoms with E-state index in [1.54, 1.807) is 12.5 Å². The van der Waals surface area contributed by atoms with E-state index in [0.717, 1.165) is 5.69 Å². The Morgan fingerprint density at radius 2 is 2.14 bits per heavy atom. The molecule has 0 radical (unpaired) electrons. The summed E-state index contributed by atoms with van der Waals surface area (Å²) in [5.74, 6) is -1.13. The van der Waals surface area contributed by atoms with E-state index in [4.69, 9.17) is 5.11 Å². The van der Waals surface area contributed by atoms with E-state index in [0.29, 0.717) is 26.1 Å². The largest absolute Gasteiger partial charge is 0.476 e. The van der Waals surface area contributed by atoms with Gasteiger partial charge in [-0.15, -0.1) is 5.10 Å². The lowest BCUT2D eigenvalue weighted by Gasteiger charge is -2.06.